The molecule has 3 heteroatoms. The first-order valence-electron chi connectivity index (χ1n) is 4.90. The van der Waals surface area contributed by atoms with Gasteiger partial charge in [-0.05, 0) is 18.6 Å². The van der Waals surface area contributed by atoms with Crippen LogP contribution in [0.15, 0.2) is 42.6 Å². The van der Waals surface area contributed by atoms with Gasteiger partial charge in [-0.2, -0.15) is 0 Å². The highest BCUT2D eigenvalue weighted by Crippen LogP contribution is 2.15. The first-order valence-corrected chi connectivity index (χ1v) is 5.28. The van der Waals surface area contributed by atoms with Gasteiger partial charge in [0.25, 0.3) is 0 Å². The minimum Gasteiger partial charge on any atom is -0.289 e. The largest absolute Gasteiger partial charge is 0.289 e. The first kappa shape index (κ1) is 10.8. The Hall–Kier alpha value is -1.67. The van der Waals surface area contributed by atoms with Gasteiger partial charge in [0.15, 0.2) is 5.78 Å². The standard InChI is InChI=1S/C13H10ClNO/c1-9-7-11(8-15-13(9)14)12(16)10-5-3-2-4-6-10/h2-8H,1H3. The quantitative estimate of drug-likeness (QED) is 0.587. The van der Waals surface area contributed by atoms with E-state index in [1.54, 1.807) is 18.2 Å². The maximum absolute atomic E-state index is 12.0. The molecule has 0 aliphatic rings. The first-order chi connectivity index (χ1) is 7.68. The number of nitrogens with zero attached hydrogens (tertiary/aromatic N) is 1. The second-order valence-electron chi connectivity index (χ2n) is 3.53. The molecule has 2 nitrogen and oxygen atoms in total. The van der Waals surface area contributed by atoms with E-state index in [0.29, 0.717) is 16.3 Å². The molecule has 0 N–H and O–H groups in total. The van der Waals surface area contributed by atoms with Crippen molar-refractivity contribution in [1.29, 1.82) is 0 Å². The van der Waals surface area contributed by atoms with Crippen LogP contribution in [0.5, 0.6) is 0 Å². The zero-order valence-electron chi connectivity index (χ0n) is 8.77. The van der Waals surface area contributed by atoms with Crippen molar-refractivity contribution in [2.45, 2.75) is 6.92 Å². The van der Waals surface area contributed by atoms with Crippen LogP contribution >= 0.6 is 11.6 Å². The number of pyridine rings is 1. The lowest BCUT2D eigenvalue weighted by Gasteiger charge is -2.02. The molecule has 16 heavy (non-hydrogen) atoms. The van der Waals surface area contributed by atoms with Crippen molar-refractivity contribution in [2.24, 2.45) is 0 Å². The highest BCUT2D eigenvalue weighted by Gasteiger charge is 2.09. The summed E-state index contributed by atoms with van der Waals surface area (Å²) in [6.45, 7) is 1.83. The Morgan fingerprint density at radius 2 is 1.88 bits per heavy atom. The predicted molar refractivity (Wildman–Crippen MR) is 63.9 cm³/mol. The Bertz CT molecular complexity index is 523. The third-order valence-electron chi connectivity index (χ3n) is 2.31. The SMILES string of the molecule is Cc1cc(C(=O)c2ccccc2)cnc1Cl. The second-order valence-corrected chi connectivity index (χ2v) is 3.88. The van der Waals surface area contributed by atoms with Crippen molar-refractivity contribution in [2.75, 3.05) is 0 Å². The highest BCUT2D eigenvalue weighted by molar-refractivity contribution is 6.30. The number of hydrogen-bond donors (Lipinski definition) is 0. The third-order valence-corrected chi connectivity index (χ3v) is 2.71. The van der Waals surface area contributed by atoms with Crippen LogP contribution in [0.25, 0.3) is 0 Å². The summed E-state index contributed by atoms with van der Waals surface area (Å²) in [7, 11) is 0. The fourth-order valence-corrected chi connectivity index (χ4v) is 1.54. The summed E-state index contributed by atoms with van der Waals surface area (Å²) in [5.74, 6) is -0.0344. The minimum absolute atomic E-state index is 0.0344. The van der Waals surface area contributed by atoms with E-state index in [0.717, 1.165) is 5.56 Å². The van der Waals surface area contributed by atoms with Gasteiger partial charge in [0, 0.05) is 17.3 Å². The molecule has 1 heterocycles. The molecule has 0 saturated carbocycles. The van der Waals surface area contributed by atoms with E-state index in [1.807, 2.05) is 25.1 Å². The fourth-order valence-electron chi connectivity index (χ4n) is 1.44. The van der Waals surface area contributed by atoms with Gasteiger partial charge in [0.1, 0.15) is 5.15 Å². The number of aromatic nitrogens is 1. The molecule has 0 saturated heterocycles. The maximum Gasteiger partial charge on any atom is 0.194 e. The summed E-state index contributed by atoms with van der Waals surface area (Å²) in [6, 6.07) is 10.9. The summed E-state index contributed by atoms with van der Waals surface area (Å²) in [6.07, 6.45) is 1.50. The van der Waals surface area contributed by atoms with E-state index in [9.17, 15) is 4.79 Å². The maximum atomic E-state index is 12.0. The lowest BCUT2D eigenvalue weighted by molar-refractivity contribution is 0.103. The van der Waals surface area contributed by atoms with Crippen molar-refractivity contribution in [3.05, 3.63) is 64.4 Å². The molecular weight excluding hydrogens is 222 g/mol. The van der Waals surface area contributed by atoms with E-state index in [-0.39, 0.29) is 5.78 Å². The summed E-state index contributed by atoms with van der Waals surface area (Å²) >= 11 is 5.81. The van der Waals surface area contributed by atoms with Crippen LogP contribution in [0.3, 0.4) is 0 Å². The number of carbonyl (C=O) groups excluding carboxylic acids is 1. The van der Waals surface area contributed by atoms with E-state index < -0.39 is 0 Å². The normalized spacial score (nSPS) is 10.1. The molecular formula is C13H10ClNO. The van der Waals surface area contributed by atoms with Crippen molar-refractivity contribution < 1.29 is 4.79 Å². The number of halogens is 1. The molecule has 0 fully saturated rings. The van der Waals surface area contributed by atoms with Crippen LogP contribution in [0.1, 0.15) is 21.5 Å². The molecule has 0 bridgehead atoms. The number of ketones is 1. The molecule has 0 spiro atoms. The summed E-state index contributed by atoms with van der Waals surface area (Å²) in [4.78, 5) is 16.0. The van der Waals surface area contributed by atoms with E-state index in [1.165, 1.54) is 6.20 Å². The molecule has 2 rings (SSSR count). The second kappa shape index (κ2) is 4.45. The lowest BCUT2D eigenvalue weighted by atomic mass is 10.0. The minimum atomic E-state index is -0.0344. The van der Waals surface area contributed by atoms with E-state index in [2.05, 4.69) is 4.98 Å². The van der Waals surface area contributed by atoms with Crippen molar-refractivity contribution in [1.82, 2.24) is 4.98 Å². The zero-order chi connectivity index (χ0) is 11.5. The average Bonchev–Trinajstić information content (AvgIpc) is 2.33. The van der Waals surface area contributed by atoms with Gasteiger partial charge >= 0.3 is 0 Å². The summed E-state index contributed by atoms with van der Waals surface area (Å²) in [5.41, 5.74) is 2.03. The number of rotatable bonds is 2. The molecule has 1 aromatic carbocycles. The molecule has 0 amide bonds. The summed E-state index contributed by atoms with van der Waals surface area (Å²) < 4.78 is 0. The molecule has 1 aromatic heterocycles. The van der Waals surface area contributed by atoms with Gasteiger partial charge in [-0.15, -0.1) is 0 Å². The zero-order valence-corrected chi connectivity index (χ0v) is 9.53. The Kier molecular flexibility index (Phi) is 3.02. The van der Waals surface area contributed by atoms with Gasteiger partial charge in [-0.1, -0.05) is 41.9 Å². The number of aryl methyl sites for hydroxylation is 1. The molecule has 80 valence electrons. The number of carbonyl (C=O) groups is 1. The van der Waals surface area contributed by atoms with Gasteiger partial charge in [0.05, 0.1) is 0 Å². The van der Waals surface area contributed by atoms with Gasteiger partial charge in [-0.3, -0.25) is 4.79 Å². The van der Waals surface area contributed by atoms with Crippen molar-refractivity contribution in [3.8, 4) is 0 Å². The Morgan fingerprint density at radius 3 is 2.50 bits per heavy atom. The van der Waals surface area contributed by atoms with Crippen molar-refractivity contribution >= 4 is 17.4 Å². The molecule has 0 aliphatic heterocycles. The highest BCUT2D eigenvalue weighted by atomic mass is 35.5. The van der Waals surface area contributed by atoms with E-state index in [4.69, 9.17) is 11.6 Å². The average molecular weight is 232 g/mol. The Labute approximate surface area is 98.9 Å². The van der Waals surface area contributed by atoms with Crippen LogP contribution in [0, 0.1) is 6.92 Å². The smallest absolute Gasteiger partial charge is 0.194 e. The van der Waals surface area contributed by atoms with Crippen LogP contribution in [-0.4, -0.2) is 10.8 Å². The molecule has 0 aliphatic carbocycles. The lowest BCUT2D eigenvalue weighted by Crippen LogP contribution is -2.02. The fraction of sp³-hybridized carbons (Fsp3) is 0.0769. The molecule has 2 aromatic rings. The summed E-state index contributed by atoms with van der Waals surface area (Å²) in [5, 5.41) is 0.435. The molecule has 0 radical (unpaired) electrons. The van der Waals surface area contributed by atoms with Crippen LogP contribution in [0.4, 0.5) is 0 Å². The molecule has 0 atom stereocenters. The third kappa shape index (κ3) is 2.12. The van der Waals surface area contributed by atoms with Gasteiger partial charge < -0.3 is 0 Å². The van der Waals surface area contributed by atoms with E-state index >= 15 is 0 Å². The Morgan fingerprint density at radius 1 is 1.19 bits per heavy atom. The molecule has 0 unspecified atom stereocenters. The monoisotopic (exact) mass is 231 g/mol. The predicted octanol–water partition coefficient (Wildman–Crippen LogP) is 3.27. The van der Waals surface area contributed by atoms with Crippen LogP contribution < -0.4 is 0 Å². The Balaban J connectivity index is 2.39. The van der Waals surface area contributed by atoms with Crippen molar-refractivity contribution in [3.63, 3.8) is 0 Å². The van der Waals surface area contributed by atoms with Gasteiger partial charge in [-0.25, -0.2) is 4.98 Å². The number of benzene rings is 1. The number of hydrogen-bond acceptors (Lipinski definition) is 2. The van der Waals surface area contributed by atoms with Gasteiger partial charge in [0.2, 0.25) is 0 Å². The topological polar surface area (TPSA) is 30.0 Å². The van der Waals surface area contributed by atoms with Crippen LogP contribution in [-0.2, 0) is 0 Å². The van der Waals surface area contributed by atoms with Crippen LogP contribution in [0.2, 0.25) is 5.15 Å².